The quantitative estimate of drug-likeness (QED) is 0.848. The number of amides is 1. The fraction of sp³-hybridized carbons (Fsp3) is 0.462. The van der Waals surface area contributed by atoms with E-state index < -0.39 is 0 Å². The van der Waals surface area contributed by atoms with Crippen molar-refractivity contribution in [3.8, 4) is 5.75 Å². The van der Waals surface area contributed by atoms with Crippen LogP contribution in [-0.4, -0.2) is 13.0 Å². The van der Waals surface area contributed by atoms with Crippen molar-refractivity contribution >= 4 is 5.91 Å². The second-order valence-corrected chi connectivity index (χ2v) is 4.14. The van der Waals surface area contributed by atoms with E-state index in [1.807, 2.05) is 12.1 Å². The molecule has 0 aliphatic carbocycles. The summed E-state index contributed by atoms with van der Waals surface area (Å²) in [7, 11) is 1.68. The van der Waals surface area contributed by atoms with Crippen molar-refractivity contribution in [2.45, 2.75) is 33.2 Å². The molecule has 0 saturated heterocycles. The van der Waals surface area contributed by atoms with Crippen LogP contribution in [0, 0.1) is 0 Å². The van der Waals surface area contributed by atoms with Gasteiger partial charge in [0, 0.05) is 13.5 Å². The fourth-order valence-corrected chi connectivity index (χ4v) is 1.57. The highest BCUT2D eigenvalue weighted by Gasteiger charge is 2.08. The van der Waals surface area contributed by atoms with Gasteiger partial charge in [-0.3, -0.25) is 4.79 Å². The summed E-state index contributed by atoms with van der Waals surface area (Å²) < 4.78 is 5.30. The Morgan fingerprint density at radius 1 is 1.44 bits per heavy atom. The summed E-state index contributed by atoms with van der Waals surface area (Å²) >= 11 is 0. The molecule has 88 valence electrons. The molecule has 0 bridgehead atoms. The van der Waals surface area contributed by atoms with Crippen LogP contribution in [0.25, 0.3) is 0 Å². The Morgan fingerprint density at radius 3 is 2.62 bits per heavy atom. The topological polar surface area (TPSA) is 38.3 Å². The number of nitrogens with one attached hydrogen (secondary N) is 1. The zero-order chi connectivity index (χ0) is 12.1. The van der Waals surface area contributed by atoms with Gasteiger partial charge in [-0.25, -0.2) is 0 Å². The number of benzene rings is 1. The molecule has 0 aliphatic heterocycles. The third-order valence-corrected chi connectivity index (χ3v) is 2.46. The van der Waals surface area contributed by atoms with Crippen molar-refractivity contribution < 1.29 is 9.53 Å². The van der Waals surface area contributed by atoms with E-state index >= 15 is 0 Å². The molecule has 1 rings (SSSR count). The van der Waals surface area contributed by atoms with Gasteiger partial charge in [-0.2, -0.15) is 0 Å². The lowest BCUT2D eigenvalue weighted by atomic mass is 9.99. The first-order valence-electron chi connectivity index (χ1n) is 5.46. The molecule has 0 fully saturated rings. The van der Waals surface area contributed by atoms with Crippen LogP contribution in [0.4, 0.5) is 0 Å². The maximum Gasteiger partial charge on any atom is 0.217 e. The predicted octanol–water partition coefficient (Wildman–Crippen LogP) is 2.45. The third-order valence-electron chi connectivity index (χ3n) is 2.46. The Morgan fingerprint density at radius 2 is 2.12 bits per heavy atom. The van der Waals surface area contributed by atoms with Crippen molar-refractivity contribution in [1.29, 1.82) is 0 Å². The minimum atomic E-state index is -0.0121. The Hall–Kier alpha value is -1.51. The van der Waals surface area contributed by atoms with Gasteiger partial charge in [-0.1, -0.05) is 26.0 Å². The number of carbonyl (C=O) groups is 1. The number of hydrogen-bond acceptors (Lipinski definition) is 2. The first kappa shape index (κ1) is 12.6. The van der Waals surface area contributed by atoms with Crippen LogP contribution in [0.3, 0.4) is 0 Å². The van der Waals surface area contributed by atoms with Gasteiger partial charge < -0.3 is 10.1 Å². The maximum atomic E-state index is 10.8. The van der Waals surface area contributed by atoms with Crippen LogP contribution >= 0.6 is 0 Å². The van der Waals surface area contributed by atoms with E-state index in [0.717, 1.165) is 11.3 Å². The molecule has 0 aliphatic rings. The lowest BCUT2D eigenvalue weighted by Gasteiger charge is -2.13. The first-order chi connectivity index (χ1) is 7.54. The summed E-state index contributed by atoms with van der Waals surface area (Å²) in [5, 5.41) is 2.79. The lowest BCUT2D eigenvalue weighted by molar-refractivity contribution is -0.119. The number of hydrogen-bond donors (Lipinski definition) is 1. The molecule has 0 radical (unpaired) electrons. The minimum Gasteiger partial charge on any atom is -0.496 e. The van der Waals surface area contributed by atoms with E-state index in [0.29, 0.717) is 12.5 Å². The summed E-state index contributed by atoms with van der Waals surface area (Å²) in [6.07, 6.45) is 0. The van der Waals surface area contributed by atoms with Crippen LogP contribution in [0.15, 0.2) is 18.2 Å². The standard InChI is InChI=1S/C13H19NO2/c1-9(2)12-7-11(8-14-10(3)15)5-6-13(12)16-4/h5-7,9H,8H2,1-4H3,(H,14,15). The summed E-state index contributed by atoms with van der Waals surface area (Å²) in [5.41, 5.74) is 2.27. The van der Waals surface area contributed by atoms with Gasteiger partial charge in [-0.05, 0) is 23.1 Å². The molecular weight excluding hydrogens is 202 g/mol. The molecule has 3 heteroatoms. The second-order valence-electron chi connectivity index (χ2n) is 4.14. The van der Waals surface area contributed by atoms with Crippen LogP contribution in [-0.2, 0) is 11.3 Å². The zero-order valence-electron chi connectivity index (χ0n) is 10.3. The van der Waals surface area contributed by atoms with Crippen molar-refractivity contribution in [2.24, 2.45) is 0 Å². The van der Waals surface area contributed by atoms with Gasteiger partial charge in [0.25, 0.3) is 0 Å². The lowest BCUT2D eigenvalue weighted by Crippen LogP contribution is -2.19. The number of ether oxygens (including phenoxy) is 1. The molecule has 1 aromatic rings. The molecule has 16 heavy (non-hydrogen) atoms. The van der Waals surface area contributed by atoms with Gasteiger partial charge in [-0.15, -0.1) is 0 Å². The minimum absolute atomic E-state index is 0.0121. The molecule has 3 nitrogen and oxygen atoms in total. The predicted molar refractivity (Wildman–Crippen MR) is 64.6 cm³/mol. The van der Waals surface area contributed by atoms with Gasteiger partial charge in [0.15, 0.2) is 0 Å². The summed E-state index contributed by atoms with van der Waals surface area (Å²) in [4.78, 5) is 10.8. The van der Waals surface area contributed by atoms with E-state index in [-0.39, 0.29) is 5.91 Å². The average Bonchev–Trinajstić information content (AvgIpc) is 2.25. The molecular formula is C13H19NO2. The van der Waals surface area contributed by atoms with E-state index in [4.69, 9.17) is 4.74 Å². The highest BCUT2D eigenvalue weighted by molar-refractivity contribution is 5.72. The maximum absolute atomic E-state index is 10.8. The highest BCUT2D eigenvalue weighted by Crippen LogP contribution is 2.27. The van der Waals surface area contributed by atoms with Gasteiger partial charge in [0.1, 0.15) is 5.75 Å². The molecule has 1 aromatic carbocycles. The van der Waals surface area contributed by atoms with E-state index in [9.17, 15) is 4.79 Å². The monoisotopic (exact) mass is 221 g/mol. The SMILES string of the molecule is COc1ccc(CNC(C)=O)cc1C(C)C. The normalized spacial score (nSPS) is 10.3. The summed E-state index contributed by atoms with van der Waals surface area (Å²) in [6.45, 7) is 6.34. The molecule has 0 unspecified atom stereocenters. The zero-order valence-corrected chi connectivity index (χ0v) is 10.3. The van der Waals surface area contributed by atoms with Gasteiger partial charge in [0.05, 0.1) is 7.11 Å². The number of methoxy groups -OCH3 is 1. The molecule has 1 amide bonds. The van der Waals surface area contributed by atoms with Crippen LogP contribution in [0.5, 0.6) is 5.75 Å². The number of carbonyl (C=O) groups excluding carboxylic acids is 1. The average molecular weight is 221 g/mol. The Kier molecular flexibility index (Phi) is 4.35. The Bertz CT molecular complexity index is 372. The van der Waals surface area contributed by atoms with E-state index in [1.54, 1.807) is 7.11 Å². The van der Waals surface area contributed by atoms with Crippen molar-refractivity contribution in [1.82, 2.24) is 5.32 Å². The molecule has 0 heterocycles. The number of rotatable bonds is 4. The molecule has 0 aromatic heterocycles. The van der Waals surface area contributed by atoms with Crippen LogP contribution in [0.1, 0.15) is 37.8 Å². The molecule has 0 spiro atoms. The van der Waals surface area contributed by atoms with Crippen molar-refractivity contribution in [2.75, 3.05) is 7.11 Å². The summed E-state index contributed by atoms with van der Waals surface area (Å²) in [5.74, 6) is 1.30. The molecule has 1 N–H and O–H groups in total. The Balaban J connectivity index is 2.89. The van der Waals surface area contributed by atoms with E-state index in [2.05, 4.69) is 25.2 Å². The largest absolute Gasteiger partial charge is 0.496 e. The third kappa shape index (κ3) is 3.26. The highest BCUT2D eigenvalue weighted by atomic mass is 16.5. The van der Waals surface area contributed by atoms with E-state index in [1.165, 1.54) is 12.5 Å². The van der Waals surface area contributed by atoms with Crippen molar-refractivity contribution in [3.63, 3.8) is 0 Å². The van der Waals surface area contributed by atoms with Crippen LogP contribution in [0.2, 0.25) is 0 Å². The van der Waals surface area contributed by atoms with Crippen LogP contribution < -0.4 is 10.1 Å². The fourth-order valence-electron chi connectivity index (χ4n) is 1.57. The second kappa shape index (κ2) is 5.54. The smallest absolute Gasteiger partial charge is 0.217 e. The van der Waals surface area contributed by atoms with Crippen molar-refractivity contribution in [3.05, 3.63) is 29.3 Å². The molecule has 0 atom stereocenters. The van der Waals surface area contributed by atoms with Gasteiger partial charge >= 0.3 is 0 Å². The molecule has 0 saturated carbocycles. The summed E-state index contributed by atoms with van der Waals surface area (Å²) in [6, 6.07) is 6.01. The first-order valence-corrected chi connectivity index (χ1v) is 5.46. The Labute approximate surface area is 96.8 Å². The van der Waals surface area contributed by atoms with Gasteiger partial charge in [0.2, 0.25) is 5.91 Å².